The number of nitrogens with one attached hydrogen (secondary N) is 1. The summed E-state index contributed by atoms with van der Waals surface area (Å²) in [6.07, 6.45) is 0. The van der Waals surface area contributed by atoms with Gasteiger partial charge in [-0.2, -0.15) is 0 Å². The molecule has 6 nitrogen and oxygen atoms in total. The zero-order chi connectivity index (χ0) is 12.8. The van der Waals surface area contributed by atoms with Crippen molar-refractivity contribution in [2.45, 2.75) is 6.54 Å². The van der Waals surface area contributed by atoms with E-state index in [1.54, 1.807) is 18.2 Å². The molecule has 0 fully saturated rings. The van der Waals surface area contributed by atoms with Crippen molar-refractivity contribution in [3.8, 4) is 11.5 Å². The third kappa shape index (κ3) is 3.37. The zero-order valence-corrected chi connectivity index (χ0v) is 9.65. The third-order valence-corrected chi connectivity index (χ3v) is 2.12. The summed E-state index contributed by atoms with van der Waals surface area (Å²) in [6, 6.07) is 5.17. The number of hydrogen-bond acceptors (Lipinski definition) is 4. The van der Waals surface area contributed by atoms with E-state index >= 15 is 0 Å². The van der Waals surface area contributed by atoms with E-state index in [1.165, 1.54) is 14.2 Å². The lowest BCUT2D eigenvalue weighted by Crippen LogP contribution is -2.35. The number of carbonyl (C=O) groups excluding carboxylic acids is 2. The van der Waals surface area contributed by atoms with E-state index < -0.39 is 11.8 Å². The molecule has 92 valence electrons. The predicted octanol–water partition coefficient (Wildman–Crippen LogP) is -0.195. The predicted molar refractivity (Wildman–Crippen MR) is 60.6 cm³/mol. The van der Waals surface area contributed by atoms with E-state index in [1.807, 2.05) is 0 Å². The molecule has 3 N–H and O–H groups in total. The summed E-state index contributed by atoms with van der Waals surface area (Å²) in [7, 11) is 3.05. The lowest BCUT2D eigenvalue weighted by molar-refractivity contribution is -0.137. The Hall–Kier alpha value is -2.24. The van der Waals surface area contributed by atoms with Crippen molar-refractivity contribution in [3.05, 3.63) is 23.8 Å². The molecule has 0 spiro atoms. The third-order valence-electron chi connectivity index (χ3n) is 2.12. The van der Waals surface area contributed by atoms with Crippen LogP contribution in [0.2, 0.25) is 0 Å². The topological polar surface area (TPSA) is 90.6 Å². The fourth-order valence-electron chi connectivity index (χ4n) is 1.26. The van der Waals surface area contributed by atoms with Crippen LogP contribution < -0.4 is 20.5 Å². The van der Waals surface area contributed by atoms with Gasteiger partial charge in [-0.05, 0) is 17.7 Å². The average Bonchev–Trinajstić information content (AvgIpc) is 2.35. The second-order valence-corrected chi connectivity index (χ2v) is 3.24. The second kappa shape index (κ2) is 5.74. The molecule has 2 amide bonds. The lowest BCUT2D eigenvalue weighted by atomic mass is 10.2. The van der Waals surface area contributed by atoms with E-state index in [0.29, 0.717) is 11.5 Å². The Morgan fingerprint density at radius 3 is 2.41 bits per heavy atom. The molecule has 0 bridgehead atoms. The minimum atomic E-state index is -1.01. The lowest BCUT2D eigenvalue weighted by Gasteiger charge is -2.09. The van der Waals surface area contributed by atoms with Crippen LogP contribution in [-0.2, 0) is 16.1 Å². The number of carbonyl (C=O) groups is 2. The number of nitrogens with two attached hydrogens (primary N) is 1. The fraction of sp³-hybridized carbons (Fsp3) is 0.273. The number of amides is 2. The molecule has 0 aliphatic heterocycles. The highest BCUT2D eigenvalue weighted by molar-refractivity contribution is 6.34. The maximum absolute atomic E-state index is 11.0. The maximum atomic E-state index is 11.0. The Kier molecular flexibility index (Phi) is 4.33. The standard InChI is InChI=1S/C11H14N2O4/c1-16-8-4-3-7(5-9(8)17-2)6-13-11(15)10(12)14/h3-5H,6H2,1-2H3,(H2,12,14)(H,13,15). The first-order chi connectivity index (χ1) is 8.08. The van der Waals surface area contributed by atoms with E-state index in [2.05, 4.69) is 5.32 Å². The van der Waals surface area contributed by atoms with Gasteiger partial charge in [0.05, 0.1) is 14.2 Å². The molecule has 0 heterocycles. The molecule has 0 atom stereocenters. The number of benzene rings is 1. The Morgan fingerprint density at radius 1 is 1.24 bits per heavy atom. The maximum Gasteiger partial charge on any atom is 0.309 e. The molecular weight excluding hydrogens is 224 g/mol. The normalized spacial score (nSPS) is 9.53. The molecule has 17 heavy (non-hydrogen) atoms. The first-order valence-corrected chi connectivity index (χ1v) is 4.87. The smallest absolute Gasteiger partial charge is 0.309 e. The molecule has 0 unspecified atom stereocenters. The second-order valence-electron chi connectivity index (χ2n) is 3.24. The summed E-state index contributed by atoms with van der Waals surface area (Å²) < 4.78 is 10.2. The van der Waals surface area contributed by atoms with Gasteiger partial charge in [0.15, 0.2) is 11.5 Å². The number of ether oxygens (including phenoxy) is 2. The highest BCUT2D eigenvalue weighted by Gasteiger charge is 2.09. The van der Waals surface area contributed by atoms with Crippen molar-refractivity contribution in [1.82, 2.24) is 5.32 Å². The summed E-state index contributed by atoms with van der Waals surface area (Å²) in [4.78, 5) is 21.5. The minimum absolute atomic E-state index is 0.197. The van der Waals surface area contributed by atoms with E-state index in [9.17, 15) is 9.59 Å². The average molecular weight is 238 g/mol. The molecule has 0 aliphatic carbocycles. The number of rotatable bonds is 4. The summed E-state index contributed by atoms with van der Waals surface area (Å²) in [5, 5.41) is 2.38. The van der Waals surface area contributed by atoms with Crippen LogP contribution in [0.5, 0.6) is 11.5 Å². The van der Waals surface area contributed by atoms with Gasteiger partial charge in [0.1, 0.15) is 0 Å². The summed E-state index contributed by atoms with van der Waals surface area (Å²) in [6.45, 7) is 0.197. The van der Waals surface area contributed by atoms with E-state index in [4.69, 9.17) is 15.2 Å². The summed E-state index contributed by atoms with van der Waals surface area (Å²) in [5.74, 6) is -0.680. The van der Waals surface area contributed by atoms with Crippen LogP contribution in [0, 0.1) is 0 Å². The van der Waals surface area contributed by atoms with Gasteiger partial charge in [-0.3, -0.25) is 9.59 Å². The Balaban J connectivity index is 2.73. The summed E-state index contributed by atoms with van der Waals surface area (Å²) >= 11 is 0. The molecule has 1 aromatic carbocycles. The molecule has 1 aromatic rings. The Morgan fingerprint density at radius 2 is 1.88 bits per heavy atom. The van der Waals surface area contributed by atoms with Crippen molar-refractivity contribution >= 4 is 11.8 Å². The van der Waals surface area contributed by atoms with Gasteiger partial charge in [0.25, 0.3) is 0 Å². The first-order valence-electron chi connectivity index (χ1n) is 4.87. The van der Waals surface area contributed by atoms with Crippen LogP contribution in [-0.4, -0.2) is 26.0 Å². The molecule has 0 saturated carbocycles. The van der Waals surface area contributed by atoms with Crippen LogP contribution >= 0.6 is 0 Å². The molecular formula is C11H14N2O4. The SMILES string of the molecule is COc1ccc(CNC(=O)C(N)=O)cc1OC. The van der Waals surface area contributed by atoms with Gasteiger partial charge < -0.3 is 20.5 Å². The largest absolute Gasteiger partial charge is 0.493 e. The number of hydrogen-bond donors (Lipinski definition) is 2. The molecule has 1 rings (SSSR count). The highest BCUT2D eigenvalue weighted by atomic mass is 16.5. The quantitative estimate of drug-likeness (QED) is 0.711. The van der Waals surface area contributed by atoms with Gasteiger partial charge in [-0.1, -0.05) is 6.07 Å². The molecule has 0 radical (unpaired) electrons. The van der Waals surface area contributed by atoms with Gasteiger partial charge in [0.2, 0.25) is 0 Å². The Labute approximate surface area is 98.7 Å². The first kappa shape index (κ1) is 12.8. The monoisotopic (exact) mass is 238 g/mol. The Bertz CT molecular complexity index is 431. The number of methoxy groups -OCH3 is 2. The van der Waals surface area contributed by atoms with Gasteiger partial charge >= 0.3 is 11.8 Å². The minimum Gasteiger partial charge on any atom is -0.493 e. The van der Waals surface area contributed by atoms with E-state index in [-0.39, 0.29) is 6.54 Å². The molecule has 6 heteroatoms. The summed E-state index contributed by atoms with van der Waals surface area (Å²) in [5.41, 5.74) is 5.58. The molecule has 0 saturated heterocycles. The molecule has 0 aromatic heterocycles. The van der Waals surface area contributed by atoms with Gasteiger partial charge in [0, 0.05) is 6.54 Å². The van der Waals surface area contributed by atoms with Gasteiger partial charge in [-0.15, -0.1) is 0 Å². The van der Waals surface area contributed by atoms with Crippen molar-refractivity contribution in [1.29, 1.82) is 0 Å². The highest BCUT2D eigenvalue weighted by Crippen LogP contribution is 2.27. The van der Waals surface area contributed by atoms with Gasteiger partial charge in [-0.25, -0.2) is 0 Å². The zero-order valence-electron chi connectivity index (χ0n) is 9.65. The van der Waals surface area contributed by atoms with Crippen molar-refractivity contribution < 1.29 is 19.1 Å². The number of primary amides is 1. The van der Waals surface area contributed by atoms with Crippen LogP contribution in [0.4, 0.5) is 0 Å². The fourth-order valence-corrected chi connectivity index (χ4v) is 1.26. The van der Waals surface area contributed by atoms with Crippen LogP contribution in [0.15, 0.2) is 18.2 Å². The van der Waals surface area contributed by atoms with Crippen molar-refractivity contribution in [3.63, 3.8) is 0 Å². The van der Waals surface area contributed by atoms with Crippen LogP contribution in [0.3, 0.4) is 0 Å². The van der Waals surface area contributed by atoms with Crippen molar-refractivity contribution in [2.75, 3.05) is 14.2 Å². The molecule has 0 aliphatic rings. The van der Waals surface area contributed by atoms with Crippen molar-refractivity contribution in [2.24, 2.45) is 5.73 Å². The van der Waals surface area contributed by atoms with E-state index in [0.717, 1.165) is 5.56 Å². The van der Waals surface area contributed by atoms with Crippen LogP contribution in [0.25, 0.3) is 0 Å². The van der Waals surface area contributed by atoms with Crippen LogP contribution in [0.1, 0.15) is 5.56 Å².